The Bertz CT molecular complexity index is 2050. The first-order valence-electron chi connectivity index (χ1n) is 18.6. The van der Waals surface area contributed by atoms with Crippen molar-refractivity contribution in [2.45, 2.75) is 76.3 Å². The lowest BCUT2D eigenvalue weighted by molar-refractivity contribution is -0.0938. The van der Waals surface area contributed by atoms with Gasteiger partial charge < -0.3 is 38.5 Å². The van der Waals surface area contributed by atoms with Gasteiger partial charge in [0.25, 0.3) is 8.53 Å². The van der Waals surface area contributed by atoms with Gasteiger partial charge in [0.2, 0.25) is 0 Å². The highest BCUT2D eigenvalue weighted by Gasteiger charge is 2.51. The summed E-state index contributed by atoms with van der Waals surface area (Å²) in [5.74, 6) is 1.26. The molecule has 302 valence electrons. The van der Waals surface area contributed by atoms with Crippen molar-refractivity contribution < 1.29 is 37.1 Å². The molecule has 14 nitrogen and oxygen atoms in total. The number of ether oxygens (including phenoxy) is 5. The first-order chi connectivity index (χ1) is 27.6. The van der Waals surface area contributed by atoms with Gasteiger partial charge in [-0.15, -0.1) is 0 Å². The second-order valence-electron chi connectivity index (χ2n) is 13.9. The van der Waals surface area contributed by atoms with E-state index < -0.39 is 44.7 Å². The van der Waals surface area contributed by atoms with Crippen LogP contribution < -0.4 is 15.2 Å². The van der Waals surface area contributed by atoms with Crippen LogP contribution in [0.2, 0.25) is 0 Å². The average Bonchev–Trinajstić information content (AvgIpc) is 3.79. The number of benzene rings is 3. The van der Waals surface area contributed by atoms with Gasteiger partial charge in [-0.05, 0) is 68.7 Å². The lowest BCUT2D eigenvalue weighted by Gasteiger charge is -2.39. The zero-order chi connectivity index (χ0) is 40.7. The Morgan fingerprint density at radius 3 is 2.04 bits per heavy atom. The molecule has 16 heteroatoms. The normalized spacial score (nSPS) is 19.1. The maximum Gasteiger partial charge on any atom is 0.312 e. The van der Waals surface area contributed by atoms with Gasteiger partial charge in [-0.25, -0.2) is 9.65 Å². The van der Waals surface area contributed by atoms with Gasteiger partial charge in [-0.1, -0.05) is 54.6 Å². The largest absolute Gasteiger partial charge is 0.497 e. The van der Waals surface area contributed by atoms with Crippen LogP contribution in [0.3, 0.4) is 0 Å². The number of nitrogens with zero attached hydrogens (tertiary/aromatic N) is 6. The van der Waals surface area contributed by atoms with Crippen molar-refractivity contribution in [3.05, 3.63) is 108 Å². The van der Waals surface area contributed by atoms with Crippen LogP contribution in [0.5, 0.6) is 11.5 Å². The Morgan fingerprint density at radius 2 is 1.49 bits per heavy atom. The summed E-state index contributed by atoms with van der Waals surface area (Å²) in [4.78, 5) is 12.1. The second-order valence-corrected chi connectivity index (χ2v) is 15.3. The van der Waals surface area contributed by atoms with E-state index in [-0.39, 0.29) is 48.7 Å². The highest BCUT2D eigenvalue weighted by molar-refractivity contribution is 7.44. The summed E-state index contributed by atoms with van der Waals surface area (Å²) in [6.45, 7) is 8.36. The van der Waals surface area contributed by atoms with Crippen molar-refractivity contribution in [2.75, 3.05) is 40.3 Å². The maximum atomic E-state index is 14.6. The minimum absolute atomic E-state index is 0.0168. The van der Waals surface area contributed by atoms with Crippen molar-refractivity contribution >= 4 is 25.5 Å². The Balaban J connectivity index is 1.49. The molecule has 3 heterocycles. The third kappa shape index (κ3) is 8.73. The molecule has 1 fully saturated rings. The van der Waals surface area contributed by atoms with Crippen LogP contribution in [0.1, 0.15) is 57.0 Å². The molecule has 1 saturated heterocycles. The fraction of sp³-hybridized carbons (Fsp3) is 0.415. The zero-order valence-electron chi connectivity index (χ0n) is 33.1. The number of hydrogen-bond donors (Lipinski definition) is 1. The van der Waals surface area contributed by atoms with E-state index in [1.807, 2.05) is 78.9 Å². The van der Waals surface area contributed by atoms with Crippen LogP contribution in [0.4, 0.5) is 10.2 Å². The zero-order valence-corrected chi connectivity index (χ0v) is 34.0. The first kappa shape index (κ1) is 41.8. The number of anilines is 1. The van der Waals surface area contributed by atoms with Crippen molar-refractivity contribution in [2.24, 2.45) is 0 Å². The molecule has 0 saturated carbocycles. The number of fused-ring (bicyclic) bond motifs is 1. The Labute approximate surface area is 333 Å². The minimum atomic E-state index is -1.78. The predicted molar refractivity (Wildman–Crippen MR) is 213 cm³/mol. The quantitative estimate of drug-likeness (QED) is 0.0412. The summed E-state index contributed by atoms with van der Waals surface area (Å²) >= 11 is 0. The molecule has 0 amide bonds. The first-order valence-corrected chi connectivity index (χ1v) is 19.8. The van der Waals surface area contributed by atoms with Gasteiger partial charge in [0, 0.05) is 19.2 Å². The number of aromatic nitrogens is 4. The fourth-order valence-corrected chi connectivity index (χ4v) is 8.99. The van der Waals surface area contributed by atoms with Crippen molar-refractivity contribution in [3.8, 4) is 17.6 Å². The molecule has 3 aromatic carbocycles. The average molecular weight is 802 g/mol. The van der Waals surface area contributed by atoms with E-state index in [0.29, 0.717) is 11.5 Å². The van der Waals surface area contributed by atoms with Gasteiger partial charge in [0.05, 0.1) is 46.3 Å². The monoisotopic (exact) mass is 801 g/mol. The third-order valence-corrected chi connectivity index (χ3v) is 11.9. The number of hydrogen-bond acceptors (Lipinski definition) is 13. The Hall–Kier alpha value is -4.78. The fourth-order valence-electron chi connectivity index (χ4n) is 7.22. The number of nitrogen functional groups attached to an aromatic ring is 1. The molecule has 0 spiro atoms. The summed E-state index contributed by atoms with van der Waals surface area (Å²) in [6.07, 6.45) is -2.74. The van der Waals surface area contributed by atoms with E-state index in [4.69, 9.17) is 38.5 Å². The van der Waals surface area contributed by atoms with Crippen LogP contribution in [-0.2, 0) is 28.9 Å². The van der Waals surface area contributed by atoms with E-state index >= 15 is 0 Å². The highest BCUT2D eigenvalue weighted by Crippen LogP contribution is 2.51. The highest BCUT2D eigenvalue weighted by atomic mass is 31.2. The van der Waals surface area contributed by atoms with Gasteiger partial charge in [0.1, 0.15) is 35.4 Å². The van der Waals surface area contributed by atoms with E-state index in [1.165, 1.54) is 6.33 Å². The molecule has 5 aromatic rings. The van der Waals surface area contributed by atoms with Gasteiger partial charge in [-0.2, -0.15) is 19.6 Å². The number of halogens is 1. The molecule has 2 N–H and O–H groups in total. The lowest BCUT2D eigenvalue weighted by atomic mass is 9.80. The molecule has 0 bridgehead atoms. The van der Waals surface area contributed by atoms with Crippen LogP contribution in [-0.4, -0.2) is 89.1 Å². The molecule has 1 aliphatic rings. The van der Waals surface area contributed by atoms with E-state index in [9.17, 15) is 9.65 Å². The van der Waals surface area contributed by atoms with E-state index in [0.717, 1.165) is 16.7 Å². The summed E-state index contributed by atoms with van der Waals surface area (Å²) < 4.78 is 63.2. The molecule has 6 rings (SSSR count). The molecule has 2 aromatic heterocycles. The number of rotatable bonds is 18. The molecular formula is C41H49FN7O7P. The van der Waals surface area contributed by atoms with Gasteiger partial charge in [-0.3, -0.25) is 4.57 Å². The number of nitrogens with two attached hydrogens (primary N) is 1. The SMILES string of the molecule is COc1ccc(C(OC[C@H]2O[C@@H](n3cnc4c(N)nc(F)nc43)[C@H](OC)[C@@H]2OP(OCCC#N)N(C(C)C)C(C)C)(c2ccccc2)c2ccc(OC)cc2)cc1. The number of nitriles is 1. The second kappa shape index (κ2) is 18.7. The molecule has 5 atom stereocenters. The molecule has 0 radical (unpaired) electrons. The molecule has 1 unspecified atom stereocenters. The third-order valence-electron chi connectivity index (χ3n) is 9.76. The summed E-state index contributed by atoms with van der Waals surface area (Å²) in [7, 11) is 3.01. The van der Waals surface area contributed by atoms with Gasteiger partial charge in [0.15, 0.2) is 23.2 Å². The summed E-state index contributed by atoms with van der Waals surface area (Å²) in [5, 5.41) is 9.39. The topological polar surface area (TPSA) is 161 Å². The van der Waals surface area contributed by atoms with Crippen LogP contribution in [0.25, 0.3) is 11.2 Å². The van der Waals surface area contributed by atoms with Crippen molar-refractivity contribution in [3.63, 3.8) is 0 Å². The van der Waals surface area contributed by atoms with Crippen LogP contribution in [0.15, 0.2) is 85.2 Å². The van der Waals surface area contributed by atoms with Gasteiger partial charge >= 0.3 is 6.08 Å². The summed E-state index contributed by atoms with van der Waals surface area (Å²) in [6, 6.07) is 27.6. The van der Waals surface area contributed by atoms with Crippen LogP contribution >= 0.6 is 8.53 Å². The van der Waals surface area contributed by atoms with Crippen molar-refractivity contribution in [1.82, 2.24) is 24.2 Å². The predicted octanol–water partition coefficient (Wildman–Crippen LogP) is 7.15. The Morgan fingerprint density at radius 1 is 0.895 bits per heavy atom. The lowest BCUT2D eigenvalue weighted by Crippen LogP contribution is -2.42. The van der Waals surface area contributed by atoms with Crippen molar-refractivity contribution in [1.29, 1.82) is 5.26 Å². The molecule has 0 aliphatic carbocycles. The standard InChI is InChI=1S/C41H49FN7O7P/c1-26(2)49(27(3)4)57(54-23-11-22-43)56-35-33(55-39(36(35)52-7)48-25-45-34-37(44)46-40(42)47-38(34)48)24-53-41(28-12-9-8-10-13-28,29-14-18-31(50-5)19-15-29)30-16-20-32(51-6)21-17-30/h8-10,12-21,25-27,33,35-36,39H,11,23-24H2,1-7H3,(H2,44,46,47)/t33-,35-,36-,39-,57?/m1/s1. The summed E-state index contributed by atoms with van der Waals surface area (Å²) in [5.41, 5.74) is 7.72. The van der Waals surface area contributed by atoms with E-state index in [2.05, 4.69) is 53.4 Å². The minimum Gasteiger partial charge on any atom is -0.497 e. The molecule has 1 aliphatic heterocycles. The number of methoxy groups -OCH3 is 3. The number of imidazole rings is 1. The van der Waals surface area contributed by atoms with E-state index in [1.54, 1.807) is 25.9 Å². The molecular weight excluding hydrogens is 752 g/mol. The maximum absolute atomic E-state index is 14.6. The smallest absolute Gasteiger partial charge is 0.312 e. The molecule has 57 heavy (non-hydrogen) atoms. The Kier molecular flexibility index (Phi) is 13.7. The van der Waals surface area contributed by atoms with Crippen LogP contribution in [0, 0.1) is 17.4 Å².